The van der Waals surface area contributed by atoms with Crippen LogP contribution in [-0.2, 0) is 10.3 Å². The van der Waals surface area contributed by atoms with Gasteiger partial charge < -0.3 is 5.11 Å². The molecule has 15 heavy (non-hydrogen) atoms. The van der Waals surface area contributed by atoms with Crippen LogP contribution < -0.4 is 5.32 Å². The van der Waals surface area contributed by atoms with Crippen molar-refractivity contribution in [3.05, 3.63) is 29.8 Å². The first kappa shape index (κ1) is 11.6. The molecule has 1 aromatic rings. The van der Waals surface area contributed by atoms with Crippen molar-refractivity contribution in [2.24, 2.45) is 0 Å². The molecular weight excluding hydrogens is 199 g/mol. The molecule has 0 amide bonds. The van der Waals surface area contributed by atoms with Gasteiger partial charge in [-0.2, -0.15) is 0 Å². The Kier molecular flexibility index (Phi) is 3.36. The highest BCUT2D eigenvalue weighted by Gasteiger charge is 2.38. The topological polar surface area (TPSA) is 62.2 Å². The molecule has 0 aliphatic heterocycles. The smallest absolute Gasteiger partial charge is 0.330 e. The molecule has 0 spiro atoms. The standard InChI is InChI=1S/C10H13FN2O2/c1-3-10(12-2,9(14)15)8-5-4-7(11)6-13-8/h4-6,12H,3H2,1-2H3,(H,14,15). The van der Waals surface area contributed by atoms with Gasteiger partial charge in [0.1, 0.15) is 5.82 Å². The number of rotatable bonds is 4. The Labute approximate surface area is 87.1 Å². The molecule has 0 radical (unpaired) electrons. The minimum Gasteiger partial charge on any atom is -0.480 e. The quantitative estimate of drug-likeness (QED) is 0.785. The third kappa shape index (κ3) is 1.97. The lowest BCUT2D eigenvalue weighted by molar-refractivity contribution is -0.145. The molecule has 1 rings (SSSR count). The van der Waals surface area contributed by atoms with Gasteiger partial charge in [-0.15, -0.1) is 0 Å². The summed E-state index contributed by atoms with van der Waals surface area (Å²) in [5, 5.41) is 11.9. The van der Waals surface area contributed by atoms with Gasteiger partial charge in [-0.05, 0) is 25.6 Å². The summed E-state index contributed by atoms with van der Waals surface area (Å²) in [4.78, 5) is 15.0. The molecule has 0 bridgehead atoms. The van der Waals surface area contributed by atoms with Crippen molar-refractivity contribution in [2.45, 2.75) is 18.9 Å². The number of halogens is 1. The number of aromatic nitrogens is 1. The van der Waals surface area contributed by atoms with Crippen molar-refractivity contribution in [1.82, 2.24) is 10.3 Å². The lowest BCUT2D eigenvalue weighted by Crippen LogP contribution is -2.47. The van der Waals surface area contributed by atoms with E-state index in [0.717, 1.165) is 6.20 Å². The van der Waals surface area contributed by atoms with E-state index in [-0.39, 0.29) is 0 Å². The number of aliphatic carboxylic acids is 1. The van der Waals surface area contributed by atoms with Crippen LogP contribution in [0.15, 0.2) is 18.3 Å². The Morgan fingerprint density at radius 2 is 2.33 bits per heavy atom. The summed E-state index contributed by atoms with van der Waals surface area (Å²) in [6.07, 6.45) is 1.34. The summed E-state index contributed by atoms with van der Waals surface area (Å²) >= 11 is 0. The Bertz CT molecular complexity index is 347. The predicted octanol–water partition coefficient (Wildman–Crippen LogP) is 1.13. The van der Waals surface area contributed by atoms with Crippen LogP contribution in [0, 0.1) is 5.82 Å². The third-order valence-electron chi connectivity index (χ3n) is 2.49. The summed E-state index contributed by atoms with van der Waals surface area (Å²) in [6, 6.07) is 2.58. The Hall–Kier alpha value is -1.49. The second-order valence-corrected chi connectivity index (χ2v) is 3.18. The zero-order valence-electron chi connectivity index (χ0n) is 8.62. The second kappa shape index (κ2) is 4.35. The van der Waals surface area contributed by atoms with Gasteiger partial charge in [0.15, 0.2) is 5.54 Å². The van der Waals surface area contributed by atoms with Crippen LogP contribution >= 0.6 is 0 Å². The lowest BCUT2D eigenvalue weighted by atomic mass is 9.92. The molecule has 0 saturated heterocycles. The zero-order chi connectivity index (χ0) is 11.5. The normalized spacial score (nSPS) is 14.6. The van der Waals surface area contributed by atoms with E-state index >= 15 is 0 Å². The van der Waals surface area contributed by atoms with Gasteiger partial charge in [0, 0.05) is 0 Å². The maximum Gasteiger partial charge on any atom is 0.330 e. The van der Waals surface area contributed by atoms with Gasteiger partial charge in [0.25, 0.3) is 0 Å². The van der Waals surface area contributed by atoms with E-state index in [0.29, 0.717) is 12.1 Å². The van der Waals surface area contributed by atoms with Crippen LogP contribution in [-0.4, -0.2) is 23.1 Å². The summed E-state index contributed by atoms with van der Waals surface area (Å²) < 4.78 is 12.7. The average Bonchev–Trinajstić information content (AvgIpc) is 2.22. The highest BCUT2D eigenvalue weighted by Crippen LogP contribution is 2.23. The van der Waals surface area contributed by atoms with Crippen molar-refractivity contribution in [3.63, 3.8) is 0 Å². The van der Waals surface area contributed by atoms with Crippen LogP contribution in [0.3, 0.4) is 0 Å². The van der Waals surface area contributed by atoms with Crippen LogP contribution in [0.4, 0.5) is 4.39 Å². The van der Waals surface area contributed by atoms with Gasteiger partial charge in [0.2, 0.25) is 0 Å². The molecule has 0 aromatic carbocycles. The summed E-state index contributed by atoms with van der Waals surface area (Å²) in [7, 11) is 1.54. The fraction of sp³-hybridized carbons (Fsp3) is 0.400. The van der Waals surface area contributed by atoms with E-state index in [1.165, 1.54) is 12.1 Å². The first-order valence-corrected chi connectivity index (χ1v) is 4.61. The van der Waals surface area contributed by atoms with Gasteiger partial charge in [-0.3, -0.25) is 10.3 Å². The summed E-state index contributed by atoms with van der Waals surface area (Å²) in [6.45, 7) is 1.73. The Balaban J connectivity index is 3.20. The van der Waals surface area contributed by atoms with Crippen LogP contribution in [0.5, 0.6) is 0 Å². The first-order valence-electron chi connectivity index (χ1n) is 4.61. The molecule has 0 saturated carbocycles. The third-order valence-corrected chi connectivity index (χ3v) is 2.49. The number of nitrogens with one attached hydrogen (secondary N) is 1. The minimum absolute atomic E-state index is 0.307. The number of likely N-dealkylation sites (N-methyl/N-ethyl adjacent to an activating group) is 1. The van der Waals surface area contributed by atoms with Gasteiger partial charge in [-0.1, -0.05) is 6.92 Å². The van der Waals surface area contributed by atoms with Crippen molar-refractivity contribution < 1.29 is 14.3 Å². The van der Waals surface area contributed by atoms with E-state index in [2.05, 4.69) is 10.3 Å². The molecule has 1 aromatic heterocycles. The lowest BCUT2D eigenvalue weighted by Gasteiger charge is -2.26. The second-order valence-electron chi connectivity index (χ2n) is 3.18. The highest BCUT2D eigenvalue weighted by atomic mass is 19.1. The van der Waals surface area contributed by atoms with E-state index in [4.69, 9.17) is 5.11 Å². The molecule has 2 N–H and O–H groups in total. The van der Waals surface area contributed by atoms with Gasteiger partial charge in [-0.25, -0.2) is 9.18 Å². The molecule has 1 unspecified atom stereocenters. The Morgan fingerprint density at radius 1 is 1.67 bits per heavy atom. The molecule has 0 aliphatic rings. The van der Waals surface area contributed by atoms with E-state index in [1.54, 1.807) is 14.0 Å². The maximum absolute atomic E-state index is 12.7. The Morgan fingerprint density at radius 3 is 2.67 bits per heavy atom. The van der Waals surface area contributed by atoms with Crippen molar-refractivity contribution in [2.75, 3.05) is 7.05 Å². The molecule has 0 aliphatic carbocycles. The fourth-order valence-electron chi connectivity index (χ4n) is 1.48. The SMILES string of the molecule is CCC(NC)(C(=O)O)c1ccc(F)cn1. The zero-order valence-corrected chi connectivity index (χ0v) is 8.62. The minimum atomic E-state index is -1.24. The van der Waals surface area contributed by atoms with Gasteiger partial charge >= 0.3 is 5.97 Å². The molecular formula is C10H13FN2O2. The fourth-order valence-corrected chi connectivity index (χ4v) is 1.48. The van der Waals surface area contributed by atoms with Crippen molar-refractivity contribution >= 4 is 5.97 Å². The molecule has 82 valence electrons. The molecule has 5 heteroatoms. The van der Waals surface area contributed by atoms with E-state index in [9.17, 15) is 9.18 Å². The highest BCUT2D eigenvalue weighted by molar-refractivity contribution is 5.80. The average molecular weight is 212 g/mol. The molecule has 1 atom stereocenters. The largest absolute Gasteiger partial charge is 0.480 e. The number of carbonyl (C=O) groups is 1. The molecule has 0 fully saturated rings. The predicted molar refractivity (Wildman–Crippen MR) is 52.9 cm³/mol. The molecule has 4 nitrogen and oxygen atoms in total. The summed E-state index contributed by atoms with van der Waals surface area (Å²) in [5.74, 6) is -1.50. The number of hydrogen-bond acceptors (Lipinski definition) is 3. The number of hydrogen-bond donors (Lipinski definition) is 2. The monoisotopic (exact) mass is 212 g/mol. The van der Waals surface area contributed by atoms with Crippen LogP contribution in [0.1, 0.15) is 19.0 Å². The van der Waals surface area contributed by atoms with Gasteiger partial charge in [0.05, 0.1) is 11.9 Å². The van der Waals surface area contributed by atoms with E-state index < -0.39 is 17.3 Å². The van der Waals surface area contributed by atoms with Crippen molar-refractivity contribution in [1.29, 1.82) is 0 Å². The number of carboxylic acid groups (broad SMARTS) is 1. The van der Waals surface area contributed by atoms with E-state index in [1.807, 2.05) is 0 Å². The first-order chi connectivity index (χ1) is 7.06. The number of nitrogens with zero attached hydrogens (tertiary/aromatic N) is 1. The molecule has 1 heterocycles. The van der Waals surface area contributed by atoms with Crippen LogP contribution in [0.2, 0.25) is 0 Å². The van der Waals surface area contributed by atoms with Crippen molar-refractivity contribution in [3.8, 4) is 0 Å². The number of carboxylic acids is 1. The summed E-state index contributed by atoms with van der Waals surface area (Å²) in [5.41, 5.74) is -0.936. The number of pyridine rings is 1. The van der Waals surface area contributed by atoms with Crippen LogP contribution in [0.25, 0.3) is 0 Å². The maximum atomic E-state index is 12.7.